The van der Waals surface area contributed by atoms with Crippen molar-refractivity contribution in [1.82, 2.24) is 24.8 Å². The number of rotatable bonds is 5. The first-order valence-corrected chi connectivity index (χ1v) is 9.53. The van der Waals surface area contributed by atoms with Gasteiger partial charge in [-0.2, -0.15) is 11.8 Å². The van der Waals surface area contributed by atoms with Crippen LogP contribution in [0.3, 0.4) is 0 Å². The number of thioether (sulfide) groups is 1. The van der Waals surface area contributed by atoms with E-state index >= 15 is 0 Å². The number of nitrogens with one attached hydrogen (secondary N) is 1. The number of aliphatic hydroxyl groups excluding tert-OH is 2. The van der Waals surface area contributed by atoms with Crippen LogP contribution in [0.1, 0.15) is 12.6 Å². The molecule has 4 rings (SSSR count). The third kappa shape index (κ3) is 3.34. The predicted octanol–water partition coefficient (Wildman–Crippen LogP) is -1.42. The van der Waals surface area contributed by atoms with Crippen molar-refractivity contribution in [3.63, 3.8) is 0 Å². The van der Waals surface area contributed by atoms with Crippen LogP contribution in [0, 0.1) is 0 Å². The Bertz CT molecular complexity index is 849. The van der Waals surface area contributed by atoms with Crippen molar-refractivity contribution in [1.29, 1.82) is 0 Å². The van der Waals surface area contributed by atoms with E-state index in [4.69, 9.17) is 15.6 Å². The monoisotopic (exact) mass is 396 g/mol. The van der Waals surface area contributed by atoms with Crippen molar-refractivity contribution in [3.8, 4) is 0 Å². The van der Waals surface area contributed by atoms with E-state index in [-0.39, 0.29) is 11.1 Å². The maximum absolute atomic E-state index is 11.0. The molecule has 0 bridgehead atoms. The lowest BCUT2D eigenvalue weighted by Gasteiger charge is -2.17. The third-order valence-electron chi connectivity index (χ3n) is 4.88. The van der Waals surface area contributed by atoms with Crippen LogP contribution < -0.4 is 11.1 Å². The molecule has 2 aromatic heterocycles. The van der Waals surface area contributed by atoms with Gasteiger partial charge in [0.25, 0.3) is 0 Å². The first kappa shape index (κ1) is 18.4. The van der Waals surface area contributed by atoms with Gasteiger partial charge in [0, 0.05) is 17.5 Å². The van der Waals surface area contributed by atoms with Crippen molar-refractivity contribution in [3.05, 3.63) is 12.7 Å². The van der Waals surface area contributed by atoms with Crippen LogP contribution in [0.25, 0.3) is 11.2 Å². The minimum atomic E-state index is -1.15. The lowest BCUT2D eigenvalue weighted by molar-refractivity contribution is -0.139. The van der Waals surface area contributed by atoms with Gasteiger partial charge in [-0.05, 0) is 6.42 Å². The van der Waals surface area contributed by atoms with Crippen LogP contribution in [0.2, 0.25) is 0 Å². The number of hydrogen-bond acceptors (Lipinski definition) is 10. The number of carboxylic acids is 1. The first-order valence-electron chi connectivity index (χ1n) is 8.48. The number of ether oxygens (including phenoxy) is 1. The maximum Gasteiger partial charge on any atom is 0.320 e. The van der Waals surface area contributed by atoms with E-state index in [2.05, 4.69) is 20.3 Å². The molecule has 2 aliphatic heterocycles. The molecule has 2 aromatic rings. The number of carbonyl (C=O) groups is 1. The highest BCUT2D eigenvalue weighted by atomic mass is 32.2. The number of aliphatic carboxylic acids is 1. The standard InChI is InChI=1S/C15H20N6O5S/c16-12-9-13(19-4-18-12)21(5-20-9)14-11(23)10(22)8(26-14)3-27-6-1-7(15(24)25)17-2-6/h4-8,10-11,14,17,22-23H,1-3H2,(H,24,25)(H2,16,18,19). The number of anilines is 1. The van der Waals surface area contributed by atoms with Crippen molar-refractivity contribution >= 4 is 34.7 Å². The molecule has 0 spiro atoms. The van der Waals surface area contributed by atoms with Crippen molar-refractivity contribution in [2.24, 2.45) is 0 Å². The number of nitrogens with two attached hydrogens (primary N) is 1. The molecule has 2 aliphatic rings. The number of aromatic nitrogens is 4. The number of hydrogen-bond donors (Lipinski definition) is 5. The summed E-state index contributed by atoms with van der Waals surface area (Å²) in [6, 6.07) is -0.544. The van der Waals surface area contributed by atoms with Crippen molar-refractivity contribution in [2.45, 2.75) is 42.3 Å². The third-order valence-corrected chi connectivity index (χ3v) is 6.23. The molecule has 6 N–H and O–H groups in total. The van der Waals surface area contributed by atoms with E-state index < -0.39 is 36.6 Å². The van der Waals surface area contributed by atoms with Crippen LogP contribution in [-0.2, 0) is 9.53 Å². The smallest absolute Gasteiger partial charge is 0.320 e. The van der Waals surface area contributed by atoms with Crippen molar-refractivity contribution < 1.29 is 24.9 Å². The Morgan fingerprint density at radius 2 is 2.19 bits per heavy atom. The molecule has 2 fully saturated rings. The van der Waals surface area contributed by atoms with Gasteiger partial charge < -0.3 is 31.1 Å². The van der Waals surface area contributed by atoms with Gasteiger partial charge in [-0.15, -0.1) is 0 Å². The molecule has 0 aliphatic carbocycles. The maximum atomic E-state index is 11.0. The summed E-state index contributed by atoms with van der Waals surface area (Å²) in [5.74, 6) is -0.212. The fourth-order valence-corrected chi connectivity index (χ4v) is 4.68. The van der Waals surface area contributed by atoms with Crippen LogP contribution >= 0.6 is 11.8 Å². The summed E-state index contributed by atoms with van der Waals surface area (Å²) in [6.07, 6.45) is -0.427. The lowest BCUT2D eigenvalue weighted by Crippen LogP contribution is -2.33. The summed E-state index contributed by atoms with van der Waals surface area (Å²) in [5, 5.41) is 32.9. The van der Waals surface area contributed by atoms with Crippen LogP contribution in [0.15, 0.2) is 12.7 Å². The molecule has 146 valence electrons. The lowest BCUT2D eigenvalue weighted by atomic mass is 10.1. The molecular formula is C15H20N6O5S. The van der Waals surface area contributed by atoms with Gasteiger partial charge in [0.2, 0.25) is 0 Å². The van der Waals surface area contributed by atoms with Gasteiger partial charge in [-0.1, -0.05) is 0 Å². The zero-order valence-electron chi connectivity index (χ0n) is 14.2. The van der Waals surface area contributed by atoms with E-state index in [1.807, 2.05) is 0 Å². The minimum Gasteiger partial charge on any atom is -0.480 e. The average molecular weight is 396 g/mol. The molecule has 6 atom stereocenters. The van der Waals surface area contributed by atoms with E-state index in [1.165, 1.54) is 29.0 Å². The Morgan fingerprint density at radius 3 is 2.93 bits per heavy atom. The molecule has 11 nitrogen and oxygen atoms in total. The zero-order chi connectivity index (χ0) is 19.1. The number of aliphatic hydroxyl groups is 2. The average Bonchev–Trinajstić information content (AvgIpc) is 3.34. The molecule has 0 amide bonds. The number of imidazole rings is 1. The van der Waals surface area contributed by atoms with E-state index in [1.54, 1.807) is 0 Å². The fraction of sp³-hybridized carbons (Fsp3) is 0.600. The zero-order valence-corrected chi connectivity index (χ0v) is 15.0. The second-order valence-corrected chi connectivity index (χ2v) is 7.95. The van der Waals surface area contributed by atoms with Gasteiger partial charge in [0.05, 0.1) is 12.4 Å². The Balaban J connectivity index is 1.43. The van der Waals surface area contributed by atoms with E-state index in [0.717, 1.165) is 0 Å². The highest BCUT2D eigenvalue weighted by molar-refractivity contribution is 8.00. The molecule has 0 saturated carbocycles. The van der Waals surface area contributed by atoms with Crippen molar-refractivity contribution in [2.75, 3.05) is 18.0 Å². The van der Waals surface area contributed by atoms with Gasteiger partial charge in [-0.25, -0.2) is 15.0 Å². The Labute approximate surface area is 157 Å². The summed E-state index contributed by atoms with van der Waals surface area (Å²) in [5.41, 5.74) is 6.59. The van der Waals surface area contributed by atoms with E-state index in [0.29, 0.717) is 29.9 Å². The van der Waals surface area contributed by atoms with Gasteiger partial charge in [0.15, 0.2) is 17.7 Å². The molecule has 2 saturated heterocycles. The predicted molar refractivity (Wildman–Crippen MR) is 95.9 cm³/mol. The summed E-state index contributed by atoms with van der Waals surface area (Å²) in [4.78, 5) is 23.2. The van der Waals surface area contributed by atoms with Crippen LogP contribution in [0.5, 0.6) is 0 Å². The molecule has 27 heavy (non-hydrogen) atoms. The number of nitrogens with zero attached hydrogens (tertiary/aromatic N) is 4. The molecular weight excluding hydrogens is 376 g/mol. The SMILES string of the molecule is Nc1ncnc2c1ncn2C1OC(CSC2CNC(C(=O)O)C2)C(O)C1O. The Morgan fingerprint density at radius 1 is 1.37 bits per heavy atom. The molecule has 6 unspecified atom stereocenters. The van der Waals surface area contributed by atoms with Crippen LogP contribution in [-0.4, -0.2) is 82.7 Å². The second-order valence-electron chi connectivity index (χ2n) is 6.62. The van der Waals surface area contributed by atoms with Gasteiger partial charge >= 0.3 is 5.97 Å². The number of nitrogen functional groups attached to an aromatic ring is 1. The number of carboxylic acid groups (broad SMARTS) is 1. The molecule has 0 aromatic carbocycles. The second kappa shape index (κ2) is 7.20. The summed E-state index contributed by atoms with van der Waals surface area (Å²) in [7, 11) is 0. The summed E-state index contributed by atoms with van der Waals surface area (Å²) < 4.78 is 7.41. The fourth-order valence-electron chi connectivity index (χ4n) is 3.40. The minimum absolute atomic E-state index is 0.111. The normalized spacial score (nSPS) is 33.7. The Kier molecular flexibility index (Phi) is 4.90. The van der Waals surface area contributed by atoms with Crippen LogP contribution in [0.4, 0.5) is 5.82 Å². The largest absolute Gasteiger partial charge is 0.480 e. The molecule has 4 heterocycles. The summed E-state index contributed by atoms with van der Waals surface area (Å²) >= 11 is 1.52. The highest BCUT2D eigenvalue weighted by Crippen LogP contribution is 2.34. The number of fused-ring (bicyclic) bond motifs is 1. The Hall–Kier alpha value is -1.99. The quantitative estimate of drug-likeness (QED) is 0.402. The molecule has 12 heteroatoms. The van der Waals surface area contributed by atoms with E-state index in [9.17, 15) is 15.0 Å². The van der Waals surface area contributed by atoms with Gasteiger partial charge in [-0.3, -0.25) is 9.36 Å². The topological polar surface area (TPSA) is 169 Å². The molecule has 0 radical (unpaired) electrons. The summed E-state index contributed by atoms with van der Waals surface area (Å²) in [6.45, 7) is 0.582. The highest BCUT2D eigenvalue weighted by Gasteiger charge is 2.44. The van der Waals surface area contributed by atoms with Gasteiger partial charge in [0.1, 0.15) is 30.1 Å². The first-order chi connectivity index (χ1) is 13.0.